The minimum Gasteiger partial charge on any atom is -0.312 e. The maximum absolute atomic E-state index is 3.78. The lowest BCUT2D eigenvalue weighted by Crippen LogP contribution is -2.60. The SMILES string of the molecule is CCNC(Cc1ccccc1)C1(N(C)C)CCCCC1. The summed E-state index contributed by atoms with van der Waals surface area (Å²) in [6.07, 6.45) is 7.92. The predicted octanol–water partition coefficient (Wildman–Crippen LogP) is 3.47. The fraction of sp³-hybridized carbons (Fsp3) is 0.667. The van der Waals surface area contributed by atoms with Crippen molar-refractivity contribution in [2.75, 3.05) is 20.6 Å². The quantitative estimate of drug-likeness (QED) is 0.854. The molecule has 1 aromatic carbocycles. The van der Waals surface area contributed by atoms with Crippen LogP contribution in [0.25, 0.3) is 0 Å². The van der Waals surface area contributed by atoms with Crippen LogP contribution in [0.3, 0.4) is 0 Å². The van der Waals surface area contributed by atoms with Crippen LogP contribution in [0.4, 0.5) is 0 Å². The molecule has 1 unspecified atom stereocenters. The van der Waals surface area contributed by atoms with Gasteiger partial charge in [-0.1, -0.05) is 56.5 Å². The molecule has 0 aromatic heterocycles. The molecule has 2 nitrogen and oxygen atoms in total. The molecule has 0 aliphatic heterocycles. The van der Waals surface area contributed by atoms with Gasteiger partial charge in [0.25, 0.3) is 0 Å². The van der Waals surface area contributed by atoms with Gasteiger partial charge in [0.05, 0.1) is 0 Å². The Balaban J connectivity index is 2.20. The smallest absolute Gasteiger partial charge is 0.0359 e. The van der Waals surface area contributed by atoms with Gasteiger partial charge in [-0.15, -0.1) is 0 Å². The Morgan fingerprint density at radius 1 is 1.10 bits per heavy atom. The van der Waals surface area contributed by atoms with Gasteiger partial charge in [0, 0.05) is 11.6 Å². The molecule has 1 atom stereocenters. The Bertz CT molecular complexity index is 380. The molecule has 2 rings (SSSR count). The number of hydrogen-bond donors (Lipinski definition) is 1. The van der Waals surface area contributed by atoms with E-state index in [2.05, 4.69) is 61.6 Å². The summed E-state index contributed by atoms with van der Waals surface area (Å²) >= 11 is 0. The number of nitrogens with one attached hydrogen (secondary N) is 1. The van der Waals surface area contributed by atoms with Crippen molar-refractivity contribution in [1.82, 2.24) is 10.2 Å². The van der Waals surface area contributed by atoms with Crippen molar-refractivity contribution >= 4 is 0 Å². The van der Waals surface area contributed by atoms with Crippen molar-refractivity contribution in [2.24, 2.45) is 0 Å². The molecule has 1 aliphatic rings. The topological polar surface area (TPSA) is 15.3 Å². The van der Waals surface area contributed by atoms with Crippen LogP contribution in [0.2, 0.25) is 0 Å². The summed E-state index contributed by atoms with van der Waals surface area (Å²) in [5.41, 5.74) is 1.77. The van der Waals surface area contributed by atoms with E-state index in [0.29, 0.717) is 11.6 Å². The van der Waals surface area contributed by atoms with Gasteiger partial charge in [-0.25, -0.2) is 0 Å². The number of hydrogen-bond acceptors (Lipinski definition) is 2. The zero-order chi connectivity index (χ0) is 14.4. The van der Waals surface area contributed by atoms with Gasteiger partial charge in [-0.05, 0) is 45.5 Å². The van der Waals surface area contributed by atoms with Crippen molar-refractivity contribution in [3.8, 4) is 0 Å². The summed E-state index contributed by atoms with van der Waals surface area (Å²) in [5, 5.41) is 3.78. The fourth-order valence-corrected chi connectivity index (χ4v) is 3.82. The molecule has 1 saturated carbocycles. The lowest BCUT2D eigenvalue weighted by Gasteiger charge is -2.49. The van der Waals surface area contributed by atoms with Crippen molar-refractivity contribution in [1.29, 1.82) is 0 Å². The number of likely N-dealkylation sites (N-methyl/N-ethyl adjacent to an activating group) is 2. The average molecular weight is 274 g/mol. The van der Waals surface area contributed by atoms with Gasteiger partial charge < -0.3 is 10.2 Å². The molecular formula is C18H30N2. The van der Waals surface area contributed by atoms with E-state index in [-0.39, 0.29) is 0 Å². The minimum absolute atomic E-state index is 0.324. The molecule has 0 saturated heterocycles. The highest BCUT2D eigenvalue weighted by Crippen LogP contribution is 2.36. The molecule has 112 valence electrons. The third-order valence-electron chi connectivity index (χ3n) is 4.99. The van der Waals surface area contributed by atoms with Crippen molar-refractivity contribution in [3.05, 3.63) is 35.9 Å². The van der Waals surface area contributed by atoms with Crippen LogP contribution in [0.15, 0.2) is 30.3 Å². The van der Waals surface area contributed by atoms with E-state index in [1.807, 2.05) is 0 Å². The van der Waals surface area contributed by atoms with Crippen molar-refractivity contribution < 1.29 is 0 Å². The molecule has 20 heavy (non-hydrogen) atoms. The molecule has 1 aliphatic carbocycles. The lowest BCUT2D eigenvalue weighted by molar-refractivity contribution is 0.0575. The summed E-state index contributed by atoms with van der Waals surface area (Å²) in [6, 6.07) is 11.5. The number of nitrogens with zero attached hydrogens (tertiary/aromatic N) is 1. The molecule has 0 heterocycles. The second-order valence-corrected chi connectivity index (χ2v) is 6.36. The van der Waals surface area contributed by atoms with Gasteiger partial charge in [-0.3, -0.25) is 0 Å². The highest BCUT2D eigenvalue weighted by Gasteiger charge is 2.41. The van der Waals surface area contributed by atoms with Crippen LogP contribution in [-0.2, 0) is 6.42 Å². The first kappa shape index (κ1) is 15.5. The highest BCUT2D eigenvalue weighted by atomic mass is 15.2. The number of rotatable bonds is 6. The summed E-state index contributed by atoms with van der Waals surface area (Å²) in [5.74, 6) is 0. The van der Waals surface area contributed by atoms with E-state index in [1.165, 1.54) is 37.7 Å². The number of benzene rings is 1. The largest absolute Gasteiger partial charge is 0.312 e. The zero-order valence-corrected chi connectivity index (χ0v) is 13.4. The van der Waals surface area contributed by atoms with E-state index in [9.17, 15) is 0 Å². The summed E-state index contributed by atoms with van der Waals surface area (Å²) in [4.78, 5) is 2.49. The Morgan fingerprint density at radius 3 is 2.30 bits per heavy atom. The van der Waals surface area contributed by atoms with Crippen LogP contribution in [0.5, 0.6) is 0 Å². The van der Waals surface area contributed by atoms with E-state index < -0.39 is 0 Å². The Kier molecular flexibility index (Phi) is 5.62. The van der Waals surface area contributed by atoms with Gasteiger partial charge in [0.15, 0.2) is 0 Å². The maximum atomic E-state index is 3.78. The molecule has 0 amide bonds. The van der Waals surface area contributed by atoms with Crippen LogP contribution < -0.4 is 5.32 Å². The van der Waals surface area contributed by atoms with E-state index in [1.54, 1.807) is 0 Å². The maximum Gasteiger partial charge on any atom is 0.0359 e. The van der Waals surface area contributed by atoms with Crippen molar-refractivity contribution in [3.63, 3.8) is 0 Å². The van der Waals surface area contributed by atoms with Gasteiger partial charge in [0.1, 0.15) is 0 Å². The van der Waals surface area contributed by atoms with Crippen LogP contribution in [0.1, 0.15) is 44.6 Å². The first-order valence-electron chi connectivity index (χ1n) is 8.14. The standard InChI is InChI=1S/C18H30N2/c1-4-19-17(15-16-11-7-5-8-12-16)18(20(2)3)13-9-6-10-14-18/h5,7-8,11-12,17,19H,4,6,9-10,13-15H2,1-3H3. The van der Waals surface area contributed by atoms with Crippen LogP contribution >= 0.6 is 0 Å². The van der Waals surface area contributed by atoms with Gasteiger partial charge in [0.2, 0.25) is 0 Å². The zero-order valence-electron chi connectivity index (χ0n) is 13.4. The lowest BCUT2D eigenvalue weighted by atomic mass is 9.73. The minimum atomic E-state index is 0.324. The molecule has 1 aromatic rings. The predicted molar refractivity (Wildman–Crippen MR) is 87.1 cm³/mol. The Hall–Kier alpha value is -0.860. The normalized spacial score (nSPS) is 20.0. The fourth-order valence-electron chi connectivity index (χ4n) is 3.82. The summed E-state index contributed by atoms with van der Waals surface area (Å²) in [6.45, 7) is 3.28. The average Bonchev–Trinajstić information content (AvgIpc) is 2.48. The molecule has 1 fully saturated rings. The second-order valence-electron chi connectivity index (χ2n) is 6.36. The van der Waals surface area contributed by atoms with Gasteiger partial charge >= 0.3 is 0 Å². The molecule has 0 radical (unpaired) electrons. The van der Waals surface area contributed by atoms with E-state index in [0.717, 1.165) is 13.0 Å². The molecule has 2 heteroatoms. The van der Waals surface area contributed by atoms with Crippen LogP contribution in [0, 0.1) is 0 Å². The monoisotopic (exact) mass is 274 g/mol. The van der Waals surface area contributed by atoms with E-state index >= 15 is 0 Å². The first-order chi connectivity index (χ1) is 9.69. The van der Waals surface area contributed by atoms with Crippen molar-refractivity contribution in [2.45, 2.75) is 57.0 Å². The third-order valence-corrected chi connectivity index (χ3v) is 4.99. The highest BCUT2D eigenvalue weighted by molar-refractivity contribution is 5.18. The van der Waals surface area contributed by atoms with Gasteiger partial charge in [-0.2, -0.15) is 0 Å². The molecule has 0 bridgehead atoms. The Labute approximate surface area is 124 Å². The first-order valence-corrected chi connectivity index (χ1v) is 8.14. The van der Waals surface area contributed by atoms with Crippen LogP contribution in [-0.4, -0.2) is 37.1 Å². The Morgan fingerprint density at radius 2 is 1.75 bits per heavy atom. The second kappa shape index (κ2) is 7.24. The van der Waals surface area contributed by atoms with E-state index in [4.69, 9.17) is 0 Å². The molecule has 0 spiro atoms. The summed E-state index contributed by atoms with van der Waals surface area (Å²) < 4.78 is 0. The third kappa shape index (κ3) is 3.42. The summed E-state index contributed by atoms with van der Waals surface area (Å²) in [7, 11) is 4.53. The molecular weight excluding hydrogens is 244 g/mol. The molecule has 1 N–H and O–H groups in total.